The van der Waals surface area contributed by atoms with Crippen LogP contribution in [-0.2, 0) is 0 Å². The van der Waals surface area contributed by atoms with Crippen molar-refractivity contribution in [3.05, 3.63) is 47.2 Å². The molecular formula is C15H12ClN3O2. The number of hydrogen-bond acceptors (Lipinski definition) is 3. The van der Waals surface area contributed by atoms with Gasteiger partial charge in [0.15, 0.2) is 0 Å². The molecule has 0 bridgehead atoms. The Labute approximate surface area is 125 Å². The SMILES string of the molecule is Cc1ccc(O)cc1-c1cn(C(N)=O)c2cc(Cl)cnc12. The molecule has 0 radical (unpaired) electrons. The number of amides is 1. The van der Waals surface area contributed by atoms with E-state index in [-0.39, 0.29) is 5.75 Å². The molecule has 3 rings (SSSR count). The van der Waals surface area contributed by atoms with Crippen LogP contribution in [0.25, 0.3) is 22.2 Å². The highest BCUT2D eigenvalue weighted by Gasteiger charge is 2.16. The van der Waals surface area contributed by atoms with E-state index in [0.29, 0.717) is 21.6 Å². The predicted molar refractivity (Wildman–Crippen MR) is 81.6 cm³/mol. The molecule has 0 fully saturated rings. The highest BCUT2D eigenvalue weighted by Crippen LogP contribution is 2.34. The smallest absolute Gasteiger partial charge is 0.323 e. The zero-order valence-electron chi connectivity index (χ0n) is 11.2. The van der Waals surface area contributed by atoms with Gasteiger partial charge in [0.1, 0.15) is 5.75 Å². The number of carbonyl (C=O) groups excluding carboxylic acids is 1. The molecule has 3 N–H and O–H groups in total. The Morgan fingerprint density at radius 1 is 1.33 bits per heavy atom. The number of nitrogens with zero attached hydrogens (tertiary/aromatic N) is 2. The fourth-order valence-corrected chi connectivity index (χ4v) is 2.51. The second kappa shape index (κ2) is 4.79. The van der Waals surface area contributed by atoms with Crippen molar-refractivity contribution in [2.24, 2.45) is 5.73 Å². The average molecular weight is 302 g/mol. The molecule has 2 heterocycles. The Morgan fingerprint density at radius 2 is 2.10 bits per heavy atom. The molecule has 21 heavy (non-hydrogen) atoms. The molecule has 0 atom stereocenters. The number of primary amides is 1. The molecule has 6 heteroatoms. The van der Waals surface area contributed by atoms with Crippen LogP contribution in [0.2, 0.25) is 5.02 Å². The molecule has 0 aliphatic rings. The number of phenolic OH excluding ortho intramolecular Hbond substituents is 1. The first-order valence-electron chi connectivity index (χ1n) is 6.24. The molecule has 0 unspecified atom stereocenters. The Kier molecular flexibility index (Phi) is 3.07. The molecule has 3 aromatic rings. The van der Waals surface area contributed by atoms with Crippen LogP contribution in [0, 0.1) is 6.92 Å². The lowest BCUT2D eigenvalue weighted by Crippen LogP contribution is -2.18. The summed E-state index contributed by atoms with van der Waals surface area (Å²) in [4.78, 5) is 15.9. The molecule has 0 aliphatic carbocycles. The first-order valence-corrected chi connectivity index (χ1v) is 6.61. The van der Waals surface area contributed by atoms with E-state index in [0.717, 1.165) is 11.1 Å². The first kappa shape index (κ1) is 13.5. The lowest BCUT2D eigenvalue weighted by Gasteiger charge is -2.04. The van der Waals surface area contributed by atoms with E-state index < -0.39 is 6.03 Å². The Hall–Kier alpha value is -2.53. The number of fused-ring (bicyclic) bond motifs is 1. The molecule has 5 nitrogen and oxygen atoms in total. The summed E-state index contributed by atoms with van der Waals surface area (Å²) in [5, 5.41) is 10.1. The van der Waals surface area contributed by atoms with Crippen molar-refractivity contribution < 1.29 is 9.90 Å². The molecule has 0 saturated carbocycles. The minimum atomic E-state index is -0.617. The summed E-state index contributed by atoms with van der Waals surface area (Å²) in [6.07, 6.45) is 3.12. The largest absolute Gasteiger partial charge is 0.508 e. The van der Waals surface area contributed by atoms with Crippen molar-refractivity contribution >= 4 is 28.7 Å². The van der Waals surface area contributed by atoms with E-state index in [9.17, 15) is 9.90 Å². The Bertz CT molecular complexity index is 871. The number of aromatic hydroxyl groups is 1. The van der Waals surface area contributed by atoms with Gasteiger partial charge in [0.25, 0.3) is 0 Å². The van der Waals surface area contributed by atoms with Gasteiger partial charge in [0.05, 0.1) is 16.1 Å². The van der Waals surface area contributed by atoms with E-state index in [1.54, 1.807) is 30.5 Å². The topological polar surface area (TPSA) is 81.1 Å². The zero-order valence-corrected chi connectivity index (χ0v) is 11.9. The van der Waals surface area contributed by atoms with Crippen molar-refractivity contribution in [2.75, 3.05) is 0 Å². The van der Waals surface area contributed by atoms with Gasteiger partial charge in [0.2, 0.25) is 0 Å². The second-order valence-corrected chi connectivity index (χ2v) is 5.21. The van der Waals surface area contributed by atoms with Gasteiger partial charge in [0, 0.05) is 18.0 Å². The number of phenols is 1. The molecule has 0 saturated heterocycles. The van der Waals surface area contributed by atoms with Gasteiger partial charge in [-0.2, -0.15) is 0 Å². The number of pyridine rings is 1. The number of aromatic nitrogens is 2. The van der Waals surface area contributed by atoms with Crippen LogP contribution < -0.4 is 5.73 Å². The number of hydrogen-bond donors (Lipinski definition) is 2. The quantitative estimate of drug-likeness (QED) is 0.723. The minimum absolute atomic E-state index is 0.143. The van der Waals surface area contributed by atoms with Gasteiger partial charge in [-0.25, -0.2) is 4.79 Å². The first-order chi connectivity index (χ1) is 9.97. The molecule has 1 amide bonds. The predicted octanol–water partition coefficient (Wildman–Crippen LogP) is 3.30. The summed E-state index contributed by atoms with van der Waals surface area (Å²) in [6, 6.07) is 6.06. The van der Waals surface area contributed by atoms with Gasteiger partial charge in [-0.15, -0.1) is 0 Å². The number of halogens is 1. The van der Waals surface area contributed by atoms with Crippen molar-refractivity contribution in [3.63, 3.8) is 0 Å². The van der Waals surface area contributed by atoms with Crippen molar-refractivity contribution in [1.29, 1.82) is 0 Å². The normalized spacial score (nSPS) is 11.0. The maximum absolute atomic E-state index is 11.6. The van der Waals surface area contributed by atoms with Crippen LogP contribution in [0.1, 0.15) is 5.56 Å². The van der Waals surface area contributed by atoms with Crippen LogP contribution in [0.5, 0.6) is 5.75 Å². The van der Waals surface area contributed by atoms with Crippen LogP contribution in [0.4, 0.5) is 4.79 Å². The van der Waals surface area contributed by atoms with Crippen LogP contribution in [-0.4, -0.2) is 20.7 Å². The second-order valence-electron chi connectivity index (χ2n) is 4.77. The zero-order chi connectivity index (χ0) is 15.1. The summed E-state index contributed by atoms with van der Waals surface area (Å²) in [5.74, 6) is 0.143. The third-order valence-corrected chi connectivity index (χ3v) is 3.56. The van der Waals surface area contributed by atoms with Gasteiger partial charge >= 0.3 is 6.03 Å². The van der Waals surface area contributed by atoms with Gasteiger partial charge in [-0.3, -0.25) is 9.55 Å². The van der Waals surface area contributed by atoms with Gasteiger partial charge in [-0.05, 0) is 36.2 Å². The molecule has 0 aliphatic heterocycles. The molecule has 2 aromatic heterocycles. The average Bonchev–Trinajstić information content (AvgIpc) is 2.80. The summed E-state index contributed by atoms with van der Waals surface area (Å²) < 4.78 is 1.30. The third-order valence-electron chi connectivity index (χ3n) is 3.36. The number of aryl methyl sites for hydroxylation is 1. The maximum atomic E-state index is 11.6. The fraction of sp³-hybridized carbons (Fsp3) is 0.0667. The highest BCUT2D eigenvalue weighted by atomic mass is 35.5. The van der Waals surface area contributed by atoms with E-state index in [1.807, 2.05) is 6.92 Å². The highest BCUT2D eigenvalue weighted by molar-refractivity contribution is 6.31. The van der Waals surface area contributed by atoms with Crippen LogP contribution in [0.3, 0.4) is 0 Å². The van der Waals surface area contributed by atoms with E-state index in [1.165, 1.54) is 10.8 Å². The van der Waals surface area contributed by atoms with Crippen molar-refractivity contribution in [1.82, 2.24) is 9.55 Å². The standard InChI is InChI=1S/C15H12ClN3O2/c1-8-2-3-10(20)5-11(8)12-7-19(15(17)21)13-4-9(16)6-18-14(12)13/h2-7,20H,1H3,(H2,17,21). The van der Waals surface area contributed by atoms with Gasteiger partial charge < -0.3 is 10.8 Å². The van der Waals surface area contributed by atoms with Crippen LogP contribution in [0.15, 0.2) is 36.7 Å². The fourth-order valence-electron chi connectivity index (χ4n) is 2.36. The number of carbonyl (C=O) groups is 1. The van der Waals surface area contributed by atoms with E-state index >= 15 is 0 Å². The summed E-state index contributed by atoms with van der Waals surface area (Å²) in [5.41, 5.74) is 8.99. The third kappa shape index (κ3) is 2.21. The molecular weight excluding hydrogens is 290 g/mol. The molecule has 1 aromatic carbocycles. The van der Waals surface area contributed by atoms with E-state index in [4.69, 9.17) is 17.3 Å². The lowest BCUT2D eigenvalue weighted by atomic mass is 10.0. The lowest BCUT2D eigenvalue weighted by molar-refractivity contribution is 0.251. The number of benzene rings is 1. The maximum Gasteiger partial charge on any atom is 0.323 e. The summed E-state index contributed by atoms with van der Waals surface area (Å²) in [7, 11) is 0. The van der Waals surface area contributed by atoms with Crippen LogP contribution >= 0.6 is 11.6 Å². The summed E-state index contributed by atoms with van der Waals surface area (Å²) >= 11 is 5.94. The molecule has 106 valence electrons. The Balaban J connectivity index is 2.38. The number of nitrogens with two attached hydrogens (primary N) is 1. The van der Waals surface area contributed by atoms with Gasteiger partial charge in [-0.1, -0.05) is 17.7 Å². The van der Waals surface area contributed by atoms with Crippen molar-refractivity contribution in [2.45, 2.75) is 6.92 Å². The number of rotatable bonds is 1. The summed E-state index contributed by atoms with van der Waals surface area (Å²) in [6.45, 7) is 1.91. The van der Waals surface area contributed by atoms with E-state index in [2.05, 4.69) is 4.98 Å². The minimum Gasteiger partial charge on any atom is -0.508 e. The molecule has 0 spiro atoms. The Morgan fingerprint density at radius 3 is 2.81 bits per heavy atom. The van der Waals surface area contributed by atoms with Crippen molar-refractivity contribution in [3.8, 4) is 16.9 Å². The monoisotopic (exact) mass is 301 g/mol.